The standard InChI is InChI=1S/C17H13ClN4O3/c18-12-6-2-1-4-10(12)15-19-17(22-21-15)20-16(23)11-5-3-7-13-14(11)25-9-8-24-13/h1-7H,8-9H2,(H2,19,20,21,22,23). The molecular formula is C17H13ClN4O3. The van der Waals surface area contributed by atoms with Crippen LogP contribution in [0.5, 0.6) is 11.5 Å². The topological polar surface area (TPSA) is 89.1 Å². The van der Waals surface area contributed by atoms with E-state index in [0.717, 1.165) is 0 Å². The lowest BCUT2D eigenvalue weighted by atomic mass is 10.1. The zero-order chi connectivity index (χ0) is 17.2. The van der Waals surface area contributed by atoms with Gasteiger partial charge in [-0.25, -0.2) is 0 Å². The Morgan fingerprint density at radius 3 is 2.84 bits per heavy atom. The molecule has 4 rings (SSSR count). The number of fused-ring (bicyclic) bond motifs is 1. The van der Waals surface area contributed by atoms with Crippen molar-refractivity contribution in [2.24, 2.45) is 0 Å². The summed E-state index contributed by atoms with van der Waals surface area (Å²) in [6, 6.07) is 12.4. The van der Waals surface area contributed by atoms with E-state index in [9.17, 15) is 4.79 Å². The highest BCUT2D eigenvalue weighted by atomic mass is 35.5. The summed E-state index contributed by atoms with van der Waals surface area (Å²) in [5, 5.41) is 9.97. The van der Waals surface area contributed by atoms with E-state index in [1.54, 1.807) is 24.3 Å². The van der Waals surface area contributed by atoms with E-state index < -0.39 is 0 Å². The van der Waals surface area contributed by atoms with Gasteiger partial charge in [0.15, 0.2) is 17.3 Å². The van der Waals surface area contributed by atoms with Crippen molar-refractivity contribution in [1.82, 2.24) is 15.2 Å². The molecule has 0 unspecified atom stereocenters. The summed E-state index contributed by atoms with van der Waals surface area (Å²) in [4.78, 5) is 16.8. The number of amides is 1. The first kappa shape index (κ1) is 15.5. The largest absolute Gasteiger partial charge is 0.486 e. The maximum Gasteiger partial charge on any atom is 0.261 e. The van der Waals surface area contributed by atoms with Crippen LogP contribution in [0.4, 0.5) is 5.95 Å². The van der Waals surface area contributed by atoms with Gasteiger partial charge in [0.1, 0.15) is 13.2 Å². The van der Waals surface area contributed by atoms with Crippen LogP contribution in [0.2, 0.25) is 5.02 Å². The third-order valence-electron chi connectivity index (χ3n) is 3.65. The number of aromatic nitrogens is 3. The Labute approximate surface area is 147 Å². The zero-order valence-corrected chi connectivity index (χ0v) is 13.7. The van der Waals surface area contributed by atoms with Crippen LogP contribution in [-0.4, -0.2) is 34.3 Å². The number of halogens is 1. The lowest BCUT2D eigenvalue weighted by Crippen LogP contribution is -2.20. The van der Waals surface area contributed by atoms with Crippen molar-refractivity contribution in [2.45, 2.75) is 0 Å². The van der Waals surface area contributed by atoms with Crippen molar-refractivity contribution in [3.05, 3.63) is 53.1 Å². The molecule has 1 amide bonds. The number of carbonyl (C=O) groups excluding carboxylic acids is 1. The fraction of sp³-hybridized carbons (Fsp3) is 0.118. The van der Waals surface area contributed by atoms with Crippen molar-refractivity contribution in [3.63, 3.8) is 0 Å². The lowest BCUT2D eigenvalue weighted by molar-refractivity contribution is 0.101. The summed E-state index contributed by atoms with van der Waals surface area (Å²) in [6.45, 7) is 0.856. The highest BCUT2D eigenvalue weighted by molar-refractivity contribution is 6.33. The summed E-state index contributed by atoms with van der Waals surface area (Å²) in [5.41, 5.74) is 1.06. The molecule has 2 heterocycles. The number of carbonyl (C=O) groups is 1. The SMILES string of the molecule is O=C(Nc1n[nH]c(-c2ccccc2Cl)n1)c1cccc2c1OCCO2. The Morgan fingerprint density at radius 2 is 1.96 bits per heavy atom. The number of hydrogen-bond donors (Lipinski definition) is 2. The second-order valence-electron chi connectivity index (χ2n) is 5.27. The second-order valence-corrected chi connectivity index (χ2v) is 5.68. The molecule has 1 aliphatic heterocycles. The van der Waals surface area contributed by atoms with Gasteiger partial charge in [-0.2, -0.15) is 4.98 Å². The minimum Gasteiger partial charge on any atom is -0.486 e. The van der Waals surface area contributed by atoms with Crippen molar-refractivity contribution in [3.8, 4) is 22.9 Å². The summed E-state index contributed by atoms with van der Waals surface area (Å²) >= 11 is 6.14. The van der Waals surface area contributed by atoms with Gasteiger partial charge in [-0.05, 0) is 24.3 Å². The van der Waals surface area contributed by atoms with Crippen LogP contribution in [0, 0.1) is 0 Å². The molecule has 2 aromatic carbocycles. The summed E-state index contributed by atoms with van der Waals surface area (Å²) in [5.74, 6) is 1.20. The maximum atomic E-state index is 12.5. The predicted molar refractivity (Wildman–Crippen MR) is 92.2 cm³/mol. The van der Waals surface area contributed by atoms with E-state index in [4.69, 9.17) is 21.1 Å². The molecule has 2 N–H and O–H groups in total. The number of anilines is 1. The number of nitrogens with one attached hydrogen (secondary N) is 2. The van der Waals surface area contributed by atoms with Gasteiger partial charge in [0, 0.05) is 5.56 Å². The number of ether oxygens (including phenoxy) is 2. The highest BCUT2D eigenvalue weighted by Crippen LogP contribution is 2.34. The van der Waals surface area contributed by atoms with Crippen LogP contribution in [0.3, 0.4) is 0 Å². The third-order valence-corrected chi connectivity index (χ3v) is 3.98. The van der Waals surface area contributed by atoms with E-state index in [0.29, 0.717) is 46.7 Å². The predicted octanol–water partition coefficient (Wildman–Crippen LogP) is 3.15. The van der Waals surface area contributed by atoms with E-state index in [1.165, 1.54) is 0 Å². The van der Waals surface area contributed by atoms with Crippen LogP contribution in [-0.2, 0) is 0 Å². The fourth-order valence-corrected chi connectivity index (χ4v) is 2.74. The smallest absolute Gasteiger partial charge is 0.261 e. The van der Waals surface area contributed by atoms with E-state index >= 15 is 0 Å². The van der Waals surface area contributed by atoms with Gasteiger partial charge in [-0.15, -0.1) is 5.10 Å². The van der Waals surface area contributed by atoms with Crippen LogP contribution in [0.25, 0.3) is 11.4 Å². The van der Waals surface area contributed by atoms with Crippen LogP contribution < -0.4 is 14.8 Å². The van der Waals surface area contributed by atoms with Crippen molar-refractivity contribution in [2.75, 3.05) is 18.5 Å². The molecule has 25 heavy (non-hydrogen) atoms. The van der Waals surface area contributed by atoms with Crippen LogP contribution in [0.1, 0.15) is 10.4 Å². The van der Waals surface area contributed by atoms with Crippen molar-refractivity contribution in [1.29, 1.82) is 0 Å². The molecule has 0 radical (unpaired) electrons. The average molecular weight is 357 g/mol. The van der Waals surface area contributed by atoms with Crippen LogP contribution in [0.15, 0.2) is 42.5 Å². The maximum absolute atomic E-state index is 12.5. The third kappa shape index (κ3) is 3.01. The van der Waals surface area contributed by atoms with Gasteiger partial charge in [0.05, 0.1) is 10.6 Å². The van der Waals surface area contributed by atoms with Crippen LogP contribution >= 0.6 is 11.6 Å². The fourth-order valence-electron chi connectivity index (χ4n) is 2.51. The minimum atomic E-state index is -0.382. The number of H-pyrrole nitrogens is 1. The second kappa shape index (κ2) is 6.45. The van der Waals surface area contributed by atoms with Gasteiger partial charge in [0.2, 0.25) is 5.95 Å². The summed E-state index contributed by atoms with van der Waals surface area (Å²) in [7, 11) is 0. The van der Waals surface area contributed by atoms with E-state index in [1.807, 2.05) is 18.2 Å². The Hall–Kier alpha value is -3.06. The summed E-state index contributed by atoms with van der Waals surface area (Å²) in [6.07, 6.45) is 0. The van der Waals surface area contributed by atoms with Gasteiger partial charge in [0.25, 0.3) is 5.91 Å². The minimum absolute atomic E-state index is 0.147. The number of aromatic amines is 1. The number of para-hydroxylation sites is 1. The molecule has 0 spiro atoms. The molecule has 0 bridgehead atoms. The quantitative estimate of drug-likeness (QED) is 0.752. The lowest BCUT2D eigenvalue weighted by Gasteiger charge is -2.20. The highest BCUT2D eigenvalue weighted by Gasteiger charge is 2.21. The molecule has 0 aliphatic carbocycles. The zero-order valence-electron chi connectivity index (χ0n) is 13.0. The number of benzene rings is 2. The average Bonchev–Trinajstić information content (AvgIpc) is 3.09. The number of nitrogens with zero attached hydrogens (tertiary/aromatic N) is 2. The molecule has 126 valence electrons. The Morgan fingerprint density at radius 1 is 1.12 bits per heavy atom. The molecule has 0 atom stereocenters. The van der Waals surface area contributed by atoms with Gasteiger partial charge < -0.3 is 9.47 Å². The molecule has 0 fully saturated rings. The molecule has 8 heteroatoms. The monoisotopic (exact) mass is 356 g/mol. The van der Waals surface area contributed by atoms with Crippen molar-refractivity contribution >= 4 is 23.5 Å². The molecular weight excluding hydrogens is 344 g/mol. The Balaban J connectivity index is 1.58. The van der Waals surface area contributed by atoms with Crippen molar-refractivity contribution < 1.29 is 14.3 Å². The van der Waals surface area contributed by atoms with Gasteiger partial charge in [-0.1, -0.05) is 29.8 Å². The Bertz CT molecular complexity index is 941. The number of rotatable bonds is 3. The number of hydrogen-bond acceptors (Lipinski definition) is 5. The normalized spacial score (nSPS) is 12.7. The molecule has 0 saturated heterocycles. The molecule has 1 aliphatic rings. The Kier molecular flexibility index (Phi) is 3.99. The molecule has 0 saturated carbocycles. The van der Waals surface area contributed by atoms with Gasteiger partial charge >= 0.3 is 0 Å². The molecule has 1 aromatic heterocycles. The molecule has 3 aromatic rings. The van der Waals surface area contributed by atoms with E-state index in [2.05, 4.69) is 20.5 Å². The first-order valence-corrected chi connectivity index (χ1v) is 7.97. The summed E-state index contributed by atoms with van der Waals surface area (Å²) < 4.78 is 11.0. The molecule has 7 nitrogen and oxygen atoms in total. The van der Waals surface area contributed by atoms with E-state index in [-0.39, 0.29) is 11.9 Å². The first-order chi connectivity index (χ1) is 12.2. The first-order valence-electron chi connectivity index (χ1n) is 7.59. The van der Waals surface area contributed by atoms with Gasteiger partial charge in [-0.3, -0.25) is 15.2 Å².